The van der Waals surface area contributed by atoms with Gasteiger partial charge in [0.05, 0.1) is 5.56 Å². The van der Waals surface area contributed by atoms with Gasteiger partial charge in [-0.1, -0.05) is 0 Å². The van der Waals surface area contributed by atoms with Gasteiger partial charge in [0.1, 0.15) is 24.6 Å². The number of imide groups is 1. The van der Waals surface area contributed by atoms with Crippen LogP contribution < -0.4 is 5.32 Å². The van der Waals surface area contributed by atoms with Crippen LogP contribution in [0, 0.1) is 0 Å². The molecule has 3 amide bonds. The van der Waals surface area contributed by atoms with Gasteiger partial charge in [-0.25, -0.2) is 0 Å². The molecule has 2 rings (SSSR count). The van der Waals surface area contributed by atoms with Crippen molar-refractivity contribution in [2.24, 2.45) is 0 Å². The Morgan fingerprint density at radius 1 is 1.17 bits per heavy atom. The maximum Gasteiger partial charge on any atom is 0.258 e. The van der Waals surface area contributed by atoms with Gasteiger partial charge in [0.2, 0.25) is 11.8 Å². The van der Waals surface area contributed by atoms with Crippen LogP contribution in [0.2, 0.25) is 0 Å². The highest BCUT2D eigenvalue weighted by Crippen LogP contribution is 2.23. The molecule has 1 heterocycles. The average molecular weight is 250 g/mol. The molecule has 94 valence electrons. The van der Waals surface area contributed by atoms with Gasteiger partial charge >= 0.3 is 0 Å². The number of rotatable bonds is 1. The van der Waals surface area contributed by atoms with Crippen molar-refractivity contribution in [1.82, 2.24) is 10.2 Å². The van der Waals surface area contributed by atoms with E-state index in [1.165, 1.54) is 12.1 Å². The molecule has 0 aliphatic carbocycles. The molecule has 7 heteroatoms. The maximum absolute atomic E-state index is 12.0. The third-order valence-electron chi connectivity index (χ3n) is 2.45. The quantitative estimate of drug-likeness (QED) is 0.565. The first-order valence-electron chi connectivity index (χ1n) is 5.11. The molecule has 1 saturated heterocycles. The highest BCUT2D eigenvalue weighted by molar-refractivity contribution is 6.06. The number of piperazine rings is 1. The molecule has 7 nitrogen and oxygen atoms in total. The van der Waals surface area contributed by atoms with Crippen LogP contribution in [0.1, 0.15) is 10.4 Å². The van der Waals surface area contributed by atoms with E-state index in [0.29, 0.717) is 0 Å². The molecule has 0 unspecified atom stereocenters. The van der Waals surface area contributed by atoms with E-state index in [-0.39, 0.29) is 24.4 Å². The van der Waals surface area contributed by atoms with Crippen molar-refractivity contribution in [2.45, 2.75) is 0 Å². The molecular formula is C11H10N2O5. The molecular weight excluding hydrogens is 240 g/mol. The number of phenols is 2. The Morgan fingerprint density at radius 2 is 1.78 bits per heavy atom. The summed E-state index contributed by atoms with van der Waals surface area (Å²) in [5, 5.41) is 20.7. The molecule has 0 spiro atoms. The summed E-state index contributed by atoms with van der Waals surface area (Å²) < 4.78 is 0. The van der Waals surface area contributed by atoms with Gasteiger partial charge in [-0.15, -0.1) is 0 Å². The number of nitrogens with one attached hydrogen (secondary N) is 1. The Balaban J connectivity index is 2.25. The van der Waals surface area contributed by atoms with E-state index in [1.807, 2.05) is 0 Å². The lowest BCUT2D eigenvalue weighted by Gasteiger charge is -2.25. The second-order valence-electron chi connectivity index (χ2n) is 3.83. The van der Waals surface area contributed by atoms with Crippen LogP contribution in [0.3, 0.4) is 0 Å². The largest absolute Gasteiger partial charge is 0.508 e. The number of nitrogens with zero attached hydrogens (tertiary/aromatic N) is 1. The van der Waals surface area contributed by atoms with Gasteiger partial charge in [-0.05, 0) is 12.1 Å². The second-order valence-corrected chi connectivity index (χ2v) is 3.83. The lowest BCUT2D eigenvalue weighted by atomic mass is 10.1. The van der Waals surface area contributed by atoms with E-state index in [0.717, 1.165) is 11.0 Å². The Bertz CT molecular complexity index is 524. The third kappa shape index (κ3) is 2.24. The highest BCUT2D eigenvalue weighted by atomic mass is 16.3. The maximum atomic E-state index is 12.0. The monoisotopic (exact) mass is 250 g/mol. The zero-order valence-corrected chi connectivity index (χ0v) is 9.21. The normalized spacial score (nSPS) is 15.4. The molecule has 1 aromatic rings. The third-order valence-corrected chi connectivity index (χ3v) is 2.45. The number of carbonyl (C=O) groups is 3. The minimum Gasteiger partial charge on any atom is -0.508 e. The van der Waals surface area contributed by atoms with E-state index in [2.05, 4.69) is 5.32 Å². The van der Waals surface area contributed by atoms with Gasteiger partial charge in [0.25, 0.3) is 5.91 Å². The topological polar surface area (TPSA) is 107 Å². The summed E-state index contributed by atoms with van der Waals surface area (Å²) in [7, 11) is 0. The van der Waals surface area contributed by atoms with Crippen LogP contribution in [0.25, 0.3) is 0 Å². The fourth-order valence-electron chi connectivity index (χ4n) is 1.65. The van der Waals surface area contributed by atoms with Gasteiger partial charge in [-0.3, -0.25) is 19.7 Å². The predicted molar refractivity (Wildman–Crippen MR) is 58.8 cm³/mol. The van der Waals surface area contributed by atoms with E-state index in [4.69, 9.17) is 5.11 Å². The Morgan fingerprint density at radius 3 is 2.33 bits per heavy atom. The van der Waals surface area contributed by atoms with Crippen LogP contribution in [-0.2, 0) is 9.59 Å². The van der Waals surface area contributed by atoms with Crippen molar-refractivity contribution in [3.05, 3.63) is 23.8 Å². The van der Waals surface area contributed by atoms with Gasteiger partial charge in [-0.2, -0.15) is 0 Å². The molecule has 1 aromatic carbocycles. The van der Waals surface area contributed by atoms with Gasteiger partial charge in [0, 0.05) is 6.07 Å². The van der Waals surface area contributed by atoms with Crippen LogP contribution in [0.15, 0.2) is 18.2 Å². The number of phenolic OH excluding ortho intramolecular Hbond substituents is 2. The molecule has 0 radical (unpaired) electrons. The summed E-state index contributed by atoms with van der Waals surface area (Å²) in [5.74, 6) is -2.37. The van der Waals surface area contributed by atoms with E-state index in [9.17, 15) is 19.5 Å². The number of carbonyl (C=O) groups excluding carboxylic acids is 3. The number of amides is 3. The average Bonchev–Trinajstić information content (AvgIpc) is 2.26. The minimum atomic E-state index is -0.643. The Labute approximate surface area is 102 Å². The molecule has 18 heavy (non-hydrogen) atoms. The first kappa shape index (κ1) is 11.9. The van der Waals surface area contributed by atoms with Crippen LogP contribution >= 0.6 is 0 Å². The standard InChI is InChI=1S/C11H10N2O5/c14-6-1-2-7(8(15)3-6)11(18)13-4-9(16)12-10(17)5-13/h1-3,14-15H,4-5H2,(H,12,16,17). The summed E-state index contributed by atoms with van der Waals surface area (Å²) >= 11 is 0. The summed E-state index contributed by atoms with van der Waals surface area (Å²) in [5.41, 5.74) is -0.0738. The fraction of sp³-hybridized carbons (Fsp3) is 0.182. The van der Waals surface area contributed by atoms with E-state index in [1.54, 1.807) is 0 Å². The molecule has 0 saturated carbocycles. The SMILES string of the molecule is O=C1CN(C(=O)c2ccc(O)cc2O)CC(=O)N1. The number of benzene rings is 1. The molecule has 0 atom stereocenters. The zero-order chi connectivity index (χ0) is 13.3. The number of hydrogen-bond acceptors (Lipinski definition) is 5. The van der Waals surface area contributed by atoms with E-state index < -0.39 is 23.5 Å². The second kappa shape index (κ2) is 4.36. The van der Waals surface area contributed by atoms with Crippen molar-refractivity contribution >= 4 is 17.7 Å². The Kier molecular flexibility index (Phi) is 2.88. The van der Waals surface area contributed by atoms with Crippen LogP contribution in [-0.4, -0.2) is 45.9 Å². The highest BCUT2D eigenvalue weighted by Gasteiger charge is 2.28. The lowest BCUT2D eigenvalue weighted by molar-refractivity contribution is -0.135. The van der Waals surface area contributed by atoms with Crippen LogP contribution in [0.4, 0.5) is 0 Å². The summed E-state index contributed by atoms with van der Waals surface area (Å²) in [6.07, 6.45) is 0. The van der Waals surface area contributed by atoms with Crippen molar-refractivity contribution in [3.63, 3.8) is 0 Å². The summed E-state index contributed by atoms with van der Waals surface area (Å²) in [4.78, 5) is 35.3. The first-order chi connectivity index (χ1) is 8.47. The smallest absolute Gasteiger partial charge is 0.258 e. The van der Waals surface area contributed by atoms with Crippen molar-refractivity contribution < 1.29 is 24.6 Å². The van der Waals surface area contributed by atoms with Crippen LogP contribution in [0.5, 0.6) is 11.5 Å². The fourth-order valence-corrected chi connectivity index (χ4v) is 1.65. The zero-order valence-electron chi connectivity index (χ0n) is 9.21. The number of hydrogen-bond donors (Lipinski definition) is 3. The molecule has 0 aromatic heterocycles. The van der Waals surface area contributed by atoms with Gasteiger partial charge in [0.15, 0.2) is 0 Å². The molecule has 1 aliphatic heterocycles. The van der Waals surface area contributed by atoms with Crippen molar-refractivity contribution in [1.29, 1.82) is 0 Å². The molecule has 1 aliphatic rings. The Hall–Kier alpha value is -2.57. The summed E-state index contributed by atoms with van der Waals surface area (Å²) in [6.45, 7) is -0.490. The van der Waals surface area contributed by atoms with E-state index >= 15 is 0 Å². The predicted octanol–water partition coefficient (Wildman–Crippen LogP) is -0.804. The van der Waals surface area contributed by atoms with Crippen molar-refractivity contribution in [2.75, 3.05) is 13.1 Å². The molecule has 3 N–H and O–H groups in total. The summed E-state index contributed by atoms with van der Waals surface area (Å²) in [6, 6.07) is 3.47. The van der Waals surface area contributed by atoms with Gasteiger partial charge < -0.3 is 15.1 Å². The number of aromatic hydroxyl groups is 2. The first-order valence-corrected chi connectivity index (χ1v) is 5.11. The minimum absolute atomic E-state index is 0.0738. The van der Waals surface area contributed by atoms with Crippen molar-refractivity contribution in [3.8, 4) is 11.5 Å². The molecule has 1 fully saturated rings. The lowest BCUT2D eigenvalue weighted by Crippen LogP contribution is -2.53. The molecule has 0 bridgehead atoms.